The van der Waals surface area contributed by atoms with Gasteiger partial charge in [-0.15, -0.1) is 11.3 Å². The Bertz CT molecular complexity index is 503. The lowest BCUT2D eigenvalue weighted by molar-refractivity contribution is 0.112. The van der Waals surface area contributed by atoms with Gasteiger partial charge in [0.1, 0.15) is 16.9 Å². The number of ether oxygens (including phenoxy) is 2. The third-order valence-electron chi connectivity index (χ3n) is 2.82. The largest absolute Gasteiger partial charge is 0.497 e. The average molecular weight is 235 g/mol. The van der Waals surface area contributed by atoms with E-state index < -0.39 is 0 Å². The van der Waals surface area contributed by atoms with E-state index in [0.29, 0.717) is 0 Å². The number of nitrogens with zero attached hydrogens (tertiary/aromatic N) is 1. The first-order valence-corrected chi connectivity index (χ1v) is 6.24. The van der Waals surface area contributed by atoms with E-state index in [9.17, 15) is 0 Å². The van der Waals surface area contributed by atoms with E-state index in [2.05, 4.69) is 4.98 Å². The second kappa shape index (κ2) is 4.03. The van der Waals surface area contributed by atoms with E-state index in [1.807, 2.05) is 18.2 Å². The zero-order valence-electron chi connectivity index (χ0n) is 9.10. The number of rotatable bonds is 2. The highest BCUT2D eigenvalue weighted by Gasteiger charge is 2.21. The van der Waals surface area contributed by atoms with Crippen LogP contribution in [-0.4, -0.2) is 18.7 Å². The molecular formula is C12H13NO2S. The van der Waals surface area contributed by atoms with Crippen molar-refractivity contribution in [2.45, 2.75) is 18.9 Å². The highest BCUT2D eigenvalue weighted by atomic mass is 32.1. The maximum absolute atomic E-state index is 5.64. The Hall–Kier alpha value is -1.13. The fourth-order valence-electron chi connectivity index (χ4n) is 1.96. The molecule has 0 saturated carbocycles. The van der Waals surface area contributed by atoms with Crippen LogP contribution in [0.4, 0.5) is 0 Å². The molecule has 0 radical (unpaired) electrons. The molecular weight excluding hydrogens is 222 g/mol. The van der Waals surface area contributed by atoms with Crippen molar-refractivity contribution in [3.05, 3.63) is 23.2 Å². The molecule has 0 spiro atoms. The highest BCUT2D eigenvalue weighted by molar-refractivity contribution is 7.18. The van der Waals surface area contributed by atoms with Gasteiger partial charge in [0.25, 0.3) is 0 Å². The quantitative estimate of drug-likeness (QED) is 0.801. The smallest absolute Gasteiger partial charge is 0.123 e. The van der Waals surface area contributed by atoms with Crippen LogP contribution < -0.4 is 4.74 Å². The van der Waals surface area contributed by atoms with Crippen molar-refractivity contribution in [3.8, 4) is 5.75 Å². The van der Waals surface area contributed by atoms with E-state index in [4.69, 9.17) is 9.47 Å². The fourth-order valence-corrected chi connectivity index (χ4v) is 3.04. The van der Waals surface area contributed by atoms with Crippen LogP contribution in [0.1, 0.15) is 24.0 Å². The van der Waals surface area contributed by atoms with Gasteiger partial charge in [0.2, 0.25) is 0 Å². The monoisotopic (exact) mass is 235 g/mol. The molecule has 3 rings (SSSR count). The first kappa shape index (κ1) is 10.1. The molecule has 1 aromatic carbocycles. The van der Waals surface area contributed by atoms with E-state index in [0.717, 1.165) is 35.7 Å². The molecule has 2 heterocycles. The molecule has 1 aromatic heterocycles. The van der Waals surface area contributed by atoms with Crippen molar-refractivity contribution < 1.29 is 9.47 Å². The van der Waals surface area contributed by atoms with E-state index in [1.165, 1.54) is 4.70 Å². The summed E-state index contributed by atoms with van der Waals surface area (Å²) in [7, 11) is 1.68. The Morgan fingerprint density at radius 2 is 2.44 bits per heavy atom. The molecule has 84 valence electrons. The van der Waals surface area contributed by atoms with Gasteiger partial charge in [-0.25, -0.2) is 4.98 Å². The Labute approximate surface area is 98.0 Å². The third kappa shape index (κ3) is 1.68. The van der Waals surface area contributed by atoms with Crippen molar-refractivity contribution in [1.82, 2.24) is 4.98 Å². The Morgan fingerprint density at radius 3 is 3.19 bits per heavy atom. The molecule has 1 aliphatic heterocycles. The minimum absolute atomic E-state index is 0.211. The van der Waals surface area contributed by atoms with Crippen LogP contribution in [0.5, 0.6) is 5.75 Å². The summed E-state index contributed by atoms with van der Waals surface area (Å²) >= 11 is 1.71. The van der Waals surface area contributed by atoms with E-state index in [1.54, 1.807) is 18.4 Å². The number of methoxy groups -OCH3 is 1. The van der Waals surface area contributed by atoms with Crippen LogP contribution in [0.2, 0.25) is 0 Å². The molecule has 0 amide bonds. The number of hydrogen-bond acceptors (Lipinski definition) is 4. The first-order chi connectivity index (χ1) is 7.86. The molecule has 3 nitrogen and oxygen atoms in total. The minimum atomic E-state index is 0.211. The van der Waals surface area contributed by atoms with Crippen molar-refractivity contribution in [1.29, 1.82) is 0 Å². The molecule has 4 heteroatoms. The molecule has 0 aliphatic carbocycles. The van der Waals surface area contributed by atoms with Crippen molar-refractivity contribution in [2.75, 3.05) is 13.7 Å². The summed E-state index contributed by atoms with van der Waals surface area (Å²) in [4.78, 5) is 4.61. The van der Waals surface area contributed by atoms with Gasteiger partial charge in [-0.2, -0.15) is 0 Å². The molecule has 0 bridgehead atoms. The summed E-state index contributed by atoms with van der Waals surface area (Å²) in [5, 5.41) is 1.10. The van der Waals surface area contributed by atoms with Crippen LogP contribution in [0.15, 0.2) is 18.2 Å². The lowest BCUT2D eigenvalue weighted by Crippen LogP contribution is -1.93. The van der Waals surface area contributed by atoms with Gasteiger partial charge in [-0.3, -0.25) is 0 Å². The predicted molar refractivity (Wildman–Crippen MR) is 64.1 cm³/mol. The predicted octanol–water partition coefficient (Wildman–Crippen LogP) is 3.16. The molecule has 1 unspecified atom stereocenters. The number of benzene rings is 1. The van der Waals surface area contributed by atoms with Crippen molar-refractivity contribution >= 4 is 21.6 Å². The van der Waals surface area contributed by atoms with Crippen molar-refractivity contribution in [3.63, 3.8) is 0 Å². The molecule has 16 heavy (non-hydrogen) atoms. The van der Waals surface area contributed by atoms with Crippen LogP contribution >= 0.6 is 11.3 Å². The van der Waals surface area contributed by atoms with Crippen LogP contribution in [0.3, 0.4) is 0 Å². The number of hydrogen-bond donors (Lipinski definition) is 0. The SMILES string of the molecule is COc1ccc2nc(C3CCCO3)sc2c1. The van der Waals surface area contributed by atoms with Gasteiger partial charge in [-0.05, 0) is 31.0 Å². The van der Waals surface area contributed by atoms with Gasteiger partial charge < -0.3 is 9.47 Å². The average Bonchev–Trinajstić information content (AvgIpc) is 2.96. The summed E-state index contributed by atoms with van der Waals surface area (Å²) in [5.41, 5.74) is 1.04. The summed E-state index contributed by atoms with van der Waals surface area (Å²) in [6.45, 7) is 0.865. The summed E-state index contributed by atoms with van der Waals surface area (Å²) in [6, 6.07) is 5.98. The van der Waals surface area contributed by atoms with Crippen molar-refractivity contribution in [2.24, 2.45) is 0 Å². The van der Waals surface area contributed by atoms with Gasteiger partial charge in [-0.1, -0.05) is 0 Å². The maximum atomic E-state index is 5.64. The molecule has 1 fully saturated rings. The minimum Gasteiger partial charge on any atom is -0.497 e. The number of aromatic nitrogens is 1. The zero-order chi connectivity index (χ0) is 11.0. The van der Waals surface area contributed by atoms with Gasteiger partial charge in [0.15, 0.2) is 0 Å². The topological polar surface area (TPSA) is 31.4 Å². The normalized spacial score (nSPS) is 20.4. The summed E-state index contributed by atoms with van der Waals surface area (Å²) in [5.74, 6) is 0.884. The fraction of sp³-hybridized carbons (Fsp3) is 0.417. The Balaban J connectivity index is 2.01. The highest BCUT2D eigenvalue weighted by Crippen LogP contribution is 2.35. The second-order valence-electron chi connectivity index (χ2n) is 3.89. The lowest BCUT2D eigenvalue weighted by atomic mass is 10.2. The Morgan fingerprint density at radius 1 is 1.50 bits per heavy atom. The Kier molecular flexibility index (Phi) is 2.53. The maximum Gasteiger partial charge on any atom is 0.123 e. The summed E-state index contributed by atoms with van der Waals surface area (Å²) < 4.78 is 12.0. The lowest BCUT2D eigenvalue weighted by Gasteiger charge is -2.02. The standard InChI is InChI=1S/C12H13NO2S/c1-14-8-4-5-9-11(7-8)16-12(13-9)10-3-2-6-15-10/h4-5,7,10H,2-3,6H2,1H3. The molecule has 1 saturated heterocycles. The van der Waals surface area contributed by atoms with Crippen LogP contribution in [0, 0.1) is 0 Å². The van der Waals surface area contributed by atoms with Crippen LogP contribution in [-0.2, 0) is 4.74 Å². The van der Waals surface area contributed by atoms with E-state index in [-0.39, 0.29) is 6.10 Å². The zero-order valence-corrected chi connectivity index (χ0v) is 9.92. The third-order valence-corrected chi connectivity index (χ3v) is 3.93. The van der Waals surface area contributed by atoms with Gasteiger partial charge in [0.05, 0.1) is 17.3 Å². The van der Waals surface area contributed by atoms with Gasteiger partial charge >= 0.3 is 0 Å². The van der Waals surface area contributed by atoms with E-state index >= 15 is 0 Å². The first-order valence-electron chi connectivity index (χ1n) is 5.43. The number of thiazole rings is 1. The molecule has 1 atom stereocenters. The summed E-state index contributed by atoms with van der Waals surface area (Å²) in [6.07, 6.45) is 2.45. The number of fused-ring (bicyclic) bond motifs is 1. The molecule has 2 aromatic rings. The molecule has 1 aliphatic rings. The molecule has 0 N–H and O–H groups in total. The second-order valence-corrected chi connectivity index (χ2v) is 4.95. The van der Waals surface area contributed by atoms with Gasteiger partial charge in [0, 0.05) is 6.61 Å². The van der Waals surface area contributed by atoms with Crippen LogP contribution in [0.25, 0.3) is 10.2 Å².